The maximum absolute atomic E-state index is 10.7. The highest BCUT2D eigenvalue weighted by atomic mass is 16.4. The monoisotopic (exact) mass is 218 g/mol. The van der Waals surface area contributed by atoms with Crippen LogP contribution in [0.4, 0.5) is 0 Å². The zero-order valence-electron chi connectivity index (χ0n) is 9.34. The van der Waals surface area contributed by atoms with Crippen LogP contribution in [0.25, 0.3) is 5.52 Å². The van der Waals surface area contributed by atoms with Crippen molar-refractivity contribution in [2.75, 3.05) is 0 Å². The average Bonchev–Trinajstić information content (AvgIpc) is 2.55. The lowest BCUT2D eigenvalue weighted by Gasteiger charge is -2.10. The minimum absolute atomic E-state index is 0.0412. The summed E-state index contributed by atoms with van der Waals surface area (Å²) >= 11 is 0. The predicted octanol–water partition coefficient (Wildman–Crippen LogP) is 2.22. The van der Waals surface area contributed by atoms with Gasteiger partial charge >= 0.3 is 5.97 Å². The average molecular weight is 218 g/mol. The fourth-order valence-electron chi connectivity index (χ4n) is 1.90. The van der Waals surface area contributed by atoms with Crippen LogP contribution in [0, 0.1) is 6.92 Å². The molecular formula is C12H14N2O2. The minimum Gasteiger partial charge on any atom is -0.481 e. The minimum atomic E-state index is -0.784. The molecule has 2 aromatic rings. The van der Waals surface area contributed by atoms with Crippen molar-refractivity contribution in [1.82, 2.24) is 9.61 Å². The van der Waals surface area contributed by atoms with E-state index in [2.05, 4.69) is 5.10 Å². The number of aliphatic carboxylic acids is 1. The van der Waals surface area contributed by atoms with Crippen molar-refractivity contribution in [2.45, 2.75) is 26.2 Å². The molecule has 0 fully saturated rings. The van der Waals surface area contributed by atoms with Crippen LogP contribution < -0.4 is 0 Å². The quantitative estimate of drug-likeness (QED) is 0.859. The second-order valence-corrected chi connectivity index (χ2v) is 4.07. The summed E-state index contributed by atoms with van der Waals surface area (Å²) in [7, 11) is 0. The van der Waals surface area contributed by atoms with Gasteiger partial charge in [-0.1, -0.05) is 13.0 Å². The largest absolute Gasteiger partial charge is 0.481 e. The predicted molar refractivity (Wildman–Crippen MR) is 60.6 cm³/mol. The van der Waals surface area contributed by atoms with Crippen LogP contribution in [-0.4, -0.2) is 20.7 Å². The number of carboxylic acids is 1. The molecule has 2 aromatic heterocycles. The summed E-state index contributed by atoms with van der Waals surface area (Å²) in [6.07, 6.45) is 0.123. The van der Waals surface area contributed by atoms with Crippen LogP contribution in [0.2, 0.25) is 0 Å². The standard InChI is InChI=1S/C12H14N2O2/c1-8(6-12(15)16)11-5-3-4-10-7-9(2)13-14(10)11/h3-5,7-8H,6H2,1-2H3,(H,15,16). The Labute approximate surface area is 93.5 Å². The fraction of sp³-hybridized carbons (Fsp3) is 0.333. The topological polar surface area (TPSA) is 54.6 Å². The molecule has 4 heteroatoms. The van der Waals surface area contributed by atoms with Crippen LogP contribution in [0.1, 0.15) is 30.7 Å². The molecule has 1 atom stereocenters. The molecule has 1 N–H and O–H groups in total. The van der Waals surface area contributed by atoms with Gasteiger partial charge in [-0.3, -0.25) is 4.79 Å². The smallest absolute Gasteiger partial charge is 0.304 e. The molecule has 4 nitrogen and oxygen atoms in total. The Hall–Kier alpha value is -1.84. The number of hydrogen-bond acceptors (Lipinski definition) is 2. The number of nitrogens with zero attached hydrogens (tertiary/aromatic N) is 2. The van der Waals surface area contributed by atoms with Gasteiger partial charge in [0.25, 0.3) is 0 Å². The van der Waals surface area contributed by atoms with Crippen molar-refractivity contribution in [3.63, 3.8) is 0 Å². The summed E-state index contributed by atoms with van der Waals surface area (Å²) in [5, 5.41) is 13.2. The molecular weight excluding hydrogens is 204 g/mol. The summed E-state index contributed by atoms with van der Waals surface area (Å²) in [6.45, 7) is 3.83. The van der Waals surface area contributed by atoms with Crippen molar-refractivity contribution in [3.05, 3.63) is 35.7 Å². The van der Waals surface area contributed by atoms with Gasteiger partial charge in [0.15, 0.2) is 0 Å². The van der Waals surface area contributed by atoms with Crippen molar-refractivity contribution in [2.24, 2.45) is 0 Å². The first-order valence-electron chi connectivity index (χ1n) is 5.25. The molecule has 0 aliphatic rings. The Morgan fingerprint density at radius 1 is 1.56 bits per heavy atom. The Morgan fingerprint density at radius 2 is 2.31 bits per heavy atom. The van der Waals surface area contributed by atoms with E-state index in [9.17, 15) is 4.79 Å². The second kappa shape index (κ2) is 3.96. The van der Waals surface area contributed by atoms with Gasteiger partial charge in [-0.2, -0.15) is 5.10 Å². The van der Waals surface area contributed by atoms with Crippen molar-refractivity contribution < 1.29 is 9.90 Å². The summed E-state index contributed by atoms with van der Waals surface area (Å²) in [6, 6.07) is 7.81. The molecule has 0 amide bonds. The number of carbonyl (C=O) groups is 1. The van der Waals surface area contributed by atoms with Crippen molar-refractivity contribution in [1.29, 1.82) is 0 Å². The number of aryl methyl sites for hydroxylation is 1. The SMILES string of the molecule is Cc1cc2cccc(C(C)CC(=O)O)n2n1. The van der Waals surface area contributed by atoms with E-state index in [1.165, 1.54) is 0 Å². The molecule has 0 aliphatic carbocycles. The van der Waals surface area contributed by atoms with Gasteiger partial charge in [0.2, 0.25) is 0 Å². The number of aromatic nitrogens is 2. The van der Waals surface area contributed by atoms with E-state index in [0.717, 1.165) is 16.9 Å². The number of pyridine rings is 1. The van der Waals surface area contributed by atoms with Crippen molar-refractivity contribution >= 4 is 11.5 Å². The zero-order chi connectivity index (χ0) is 11.7. The maximum atomic E-state index is 10.7. The molecule has 0 radical (unpaired) electrons. The van der Waals surface area contributed by atoms with Gasteiger partial charge in [0.05, 0.1) is 17.6 Å². The van der Waals surface area contributed by atoms with E-state index in [1.54, 1.807) is 0 Å². The Balaban J connectivity index is 2.47. The molecule has 2 heterocycles. The first-order valence-corrected chi connectivity index (χ1v) is 5.25. The van der Waals surface area contributed by atoms with Gasteiger partial charge < -0.3 is 5.11 Å². The molecule has 1 unspecified atom stereocenters. The number of fused-ring (bicyclic) bond motifs is 1. The van der Waals surface area contributed by atoms with E-state index in [0.29, 0.717) is 0 Å². The van der Waals surface area contributed by atoms with Crippen LogP contribution in [0.5, 0.6) is 0 Å². The lowest BCUT2D eigenvalue weighted by Crippen LogP contribution is -2.08. The van der Waals surface area contributed by atoms with Gasteiger partial charge in [0.1, 0.15) is 0 Å². The number of carboxylic acid groups (broad SMARTS) is 1. The highest BCUT2D eigenvalue weighted by Gasteiger charge is 2.13. The van der Waals surface area contributed by atoms with Crippen LogP contribution >= 0.6 is 0 Å². The molecule has 0 spiro atoms. The molecule has 2 rings (SSSR count). The molecule has 0 aromatic carbocycles. The third-order valence-electron chi connectivity index (χ3n) is 2.62. The van der Waals surface area contributed by atoms with Gasteiger partial charge in [-0.25, -0.2) is 4.52 Å². The molecule has 0 bridgehead atoms. The Morgan fingerprint density at radius 3 is 3.00 bits per heavy atom. The van der Waals surface area contributed by atoms with E-state index < -0.39 is 5.97 Å². The molecule has 84 valence electrons. The zero-order valence-corrected chi connectivity index (χ0v) is 9.34. The lowest BCUT2D eigenvalue weighted by atomic mass is 10.0. The van der Waals surface area contributed by atoms with Crippen molar-refractivity contribution in [3.8, 4) is 0 Å². The normalized spacial score (nSPS) is 12.9. The maximum Gasteiger partial charge on any atom is 0.304 e. The number of rotatable bonds is 3. The Kier molecular flexibility index (Phi) is 2.64. The summed E-state index contributed by atoms with van der Waals surface area (Å²) < 4.78 is 1.82. The third-order valence-corrected chi connectivity index (χ3v) is 2.62. The highest BCUT2D eigenvalue weighted by Crippen LogP contribution is 2.20. The van der Waals surface area contributed by atoms with Crippen LogP contribution in [0.15, 0.2) is 24.3 Å². The van der Waals surface area contributed by atoms with Crippen LogP contribution in [0.3, 0.4) is 0 Å². The van der Waals surface area contributed by atoms with Crippen LogP contribution in [-0.2, 0) is 4.79 Å². The first kappa shape index (κ1) is 10.7. The molecule has 16 heavy (non-hydrogen) atoms. The van der Waals surface area contributed by atoms with E-state index in [4.69, 9.17) is 5.11 Å². The van der Waals surface area contributed by atoms with Gasteiger partial charge in [0, 0.05) is 11.6 Å². The molecule has 0 saturated carbocycles. The Bertz CT molecular complexity index is 531. The van der Waals surface area contributed by atoms with E-state index in [-0.39, 0.29) is 12.3 Å². The molecule has 0 saturated heterocycles. The summed E-state index contributed by atoms with van der Waals surface area (Å²) in [5.74, 6) is -0.825. The second-order valence-electron chi connectivity index (χ2n) is 4.07. The van der Waals surface area contributed by atoms with Gasteiger partial charge in [-0.05, 0) is 25.1 Å². The third kappa shape index (κ3) is 1.91. The number of hydrogen-bond donors (Lipinski definition) is 1. The van der Waals surface area contributed by atoms with E-state index >= 15 is 0 Å². The molecule has 0 aliphatic heterocycles. The highest BCUT2D eigenvalue weighted by molar-refractivity contribution is 5.68. The fourth-order valence-corrected chi connectivity index (χ4v) is 1.90. The van der Waals surface area contributed by atoms with Gasteiger partial charge in [-0.15, -0.1) is 0 Å². The summed E-state index contributed by atoms with van der Waals surface area (Å²) in [4.78, 5) is 10.7. The van der Waals surface area contributed by atoms with E-state index in [1.807, 2.05) is 42.6 Å². The summed E-state index contributed by atoms with van der Waals surface area (Å²) in [5.41, 5.74) is 2.88. The first-order chi connectivity index (χ1) is 7.58. The lowest BCUT2D eigenvalue weighted by molar-refractivity contribution is -0.137.